The molecule has 2 heterocycles. The van der Waals surface area contributed by atoms with Gasteiger partial charge in [0.1, 0.15) is 0 Å². The van der Waals surface area contributed by atoms with Gasteiger partial charge in [-0.25, -0.2) is 9.50 Å². The van der Waals surface area contributed by atoms with Gasteiger partial charge in [0.2, 0.25) is 5.91 Å². The van der Waals surface area contributed by atoms with Gasteiger partial charge in [0, 0.05) is 23.9 Å². The quantitative estimate of drug-likeness (QED) is 0.934. The average molecular weight is 274 g/mol. The highest BCUT2D eigenvalue weighted by atomic mass is 16.2. The van der Waals surface area contributed by atoms with Gasteiger partial charge in [-0.1, -0.05) is 27.7 Å². The van der Waals surface area contributed by atoms with Crippen molar-refractivity contribution in [3.8, 4) is 0 Å². The van der Waals surface area contributed by atoms with Crippen LogP contribution in [-0.4, -0.2) is 20.5 Å². The maximum Gasteiger partial charge on any atom is 0.228 e. The van der Waals surface area contributed by atoms with Crippen LogP contribution in [0.3, 0.4) is 0 Å². The minimum atomic E-state index is 0.0803. The van der Waals surface area contributed by atoms with Crippen LogP contribution in [0.4, 0.5) is 5.82 Å². The van der Waals surface area contributed by atoms with Crippen LogP contribution < -0.4 is 5.32 Å². The molecule has 108 valence electrons. The highest BCUT2D eigenvalue weighted by Crippen LogP contribution is 2.30. The number of carbonyl (C=O) groups excluding carboxylic acids is 1. The number of anilines is 1. The van der Waals surface area contributed by atoms with Gasteiger partial charge < -0.3 is 5.32 Å². The lowest BCUT2D eigenvalue weighted by Crippen LogP contribution is -2.16. The average Bonchev–Trinajstić information content (AvgIpc) is 3.19. The molecule has 0 bridgehead atoms. The molecule has 1 amide bonds. The van der Waals surface area contributed by atoms with Crippen LogP contribution in [0.15, 0.2) is 18.5 Å². The lowest BCUT2D eigenvalue weighted by Gasteiger charge is -2.10. The van der Waals surface area contributed by atoms with Crippen LogP contribution in [0, 0.1) is 5.92 Å². The third-order valence-electron chi connectivity index (χ3n) is 3.21. The zero-order chi connectivity index (χ0) is 14.7. The predicted octanol–water partition coefficient (Wildman–Crippen LogP) is 3.23. The summed E-state index contributed by atoms with van der Waals surface area (Å²) in [5.41, 5.74) is 1.95. The number of nitrogens with one attached hydrogen (secondary N) is 1. The van der Waals surface area contributed by atoms with Crippen molar-refractivity contribution in [2.24, 2.45) is 5.92 Å². The molecule has 5 nitrogen and oxygen atoms in total. The summed E-state index contributed by atoms with van der Waals surface area (Å²) in [6.45, 7) is 8.22. The number of hydrogen-bond donors (Lipinski definition) is 1. The molecule has 1 N–H and O–H groups in total. The molecule has 20 heavy (non-hydrogen) atoms. The van der Waals surface area contributed by atoms with Gasteiger partial charge in [0.15, 0.2) is 11.5 Å². The van der Waals surface area contributed by atoms with Crippen molar-refractivity contribution in [3.63, 3.8) is 0 Å². The summed E-state index contributed by atoms with van der Waals surface area (Å²) >= 11 is 0. The Morgan fingerprint density at radius 3 is 2.70 bits per heavy atom. The van der Waals surface area contributed by atoms with Gasteiger partial charge in [0.05, 0.1) is 0 Å². The Kier molecular flexibility index (Phi) is 4.37. The topological polar surface area (TPSA) is 59.3 Å². The van der Waals surface area contributed by atoms with E-state index in [0.717, 1.165) is 24.1 Å². The van der Waals surface area contributed by atoms with Crippen molar-refractivity contribution in [2.45, 2.75) is 46.5 Å². The second kappa shape index (κ2) is 6.03. The Bertz CT molecular complexity index is 599. The van der Waals surface area contributed by atoms with E-state index < -0.39 is 0 Å². The van der Waals surface area contributed by atoms with Gasteiger partial charge >= 0.3 is 0 Å². The van der Waals surface area contributed by atoms with Crippen molar-refractivity contribution >= 4 is 17.4 Å². The van der Waals surface area contributed by atoms with E-state index in [-0.39, 0.29) is 11.8 Å². The van der Waals surface area contributed by atoms with E-state index in [2.05, 4.69) is 29.2 Å². The van der Waals surface area contributed by atoms with Crippen LogP contribution in [0.25, 0.3) is 5.65 Å². The Hall–Kier alpha value is -1.91. The van der Waals surface area contributed by atoms with Gasteiger partial charge in [0.25, 0.3) is 0 Å². The second-order valence-electron chi connectivity index (χ2n) is 5.10. The third-order valence-corrected chi connectivity index (χ3v) is 3.21. The van der Waals surface area contributed by atoms with E-state index in [0.29, 0.717) is 11.7 Å². The maximum atomic E-state index is 11.8. The van der Waals surface area contributed by atoms with Crippen molar-refractivity contribution in [1.82, 2.24) is 14.6 Å². The van der Waals surface area contributed by atoms with Crippen molar-refractivity contribution in [3.05, 3.63) is 24.0 Å². The lowest BCUT2D eigenvalue weighted by molar-refractivity contribution is -0.117. The first kappa shape index (κ1) is 14.5. The number of amides is 1. The van der Waals surface area contributed by atoms with Crippen LogP contribution in [-0.2, 0) is 4.79 Å². The fourth-order valence-corrected chi connectivity index (χ4v) is 2.00. The normalized spacial score (nSPS) is 14.1. The first-order valence-corrected chi connectivity index (χ1v) is 7.30. The summed E-state index contributed by atoms with van der Waals surface area (Å²) in [5, 5.41) is 7.23. The Balaban J connectivity index is 0.000000704. The predicted molar refractivity (Wildman–Crippen MR) is 79.8 cm³/mol. The highest BCUT2D eigenvalue weighted by molar-refractivity contribution is 5.93. The van der Waals surface area contributed by atoms with Crippen LogP contribution in [0.1, 0.15) is 52.0 Å². The molecule has 0 aromatic carbocycles. The minimum absolute atomic E-state index is 0.0803. The minimum Gasteiger partial charge on any atom is -0.309 e. The summed E-state index contributed by atoms with van der Waals surface area (Å²) < 4.78 is 1.72. The number of fused-ring (bicyclic) bond motifs is 1. The molecule has 1 aliphatic rings. The standard InChI is InChI=1S/C13H16N4O.C2H6/c1-8(2)10-7-11(15-13(18)9-3-4-9)16-17-6-5-14-12(10)17;1-2/h5-9H,3-4H2,1-2H3,(H,15,16,18);1-2H3. The summed E-state index contributed by atoms with van der Waals surface area (Å²) in [6, 6.07) is 1.92. The summed E-state index contributed by atoms with van der Waals surface area (Å²) in [5.74, 6) is 1.22. The third kappa shape index (κ3) is 2.98. The zero-order valence-electron chi connectivity index (χ0n) is 12.6. The van der Waals surface area contributed by atoms with Crippen LogP contribution >= 0.6 is 0 Å². The number of aromatic nitrogens is 3. The molecule has 3 rings (SSSR count). The first-order valence-electron chi connectivity index (χ1n) is 7.30. The second-order valence-corrected chi connectivity index (χ2v) is 5.10. The maximum absolute atomic E-state index is 11.8. The molecule has 1 aliphatic carbocycles. The van der Waals surface area contributed by atoms with Gasteiger partial charge in [-0.3, -0.25) is 4.79 Å². The highest BCUT2D eigenvalue weighted by Gasteiger charge is 2.30. The largest absolute Gasteiger partial charge is 0.309 e. The number of hydrogen-bond acceptors (Lipinski definition) is 3. The smallest absolute Gasteiger partial charge is 0.228 e. The van der Waals surface area contributed by atoms with E-state index in [1.54, 1.807) is 16.9 Å². The van der Waals surface area contributed by atoms with Crippen molar-refractivity contribution in [2.75, 3.05) is 5.32 Å². The van der Waals surface area contributed by atoms with Crippen LogP contribution in [0.5, 0.6) is 0 Å². The summed E-state index contributed by atoms with van der Waals surface area (Å²) in [4.78, 5) is 16.0. The molecule has 2 aromatic heterocycles. The number of rotatable bonds is 3. The molecule has 1 fully saturated rings. The molecule has 0 spiro atoms. The Morgan fingerprint density at radius 2 is 2.10 bits per heavy atom. The van der Waals surface area contributed by atoms with E-state index in [1.165, 1.54) is 0 Å². The first-order chi connectivity index (χ1) is 9.65. The Labute approximate surface area is 119 Å². The molecule has 0 unspecified atom stereocenters. The lowest BCUT2D eigenvalue weighted by atomic mass is 10.1. The van der Waals surface area contributed by atoms with Crippen molar-refractivity contribution < 1.29 is 4.79 Å². The van der Waals surface area contributed by atoms with Gasteiger partial charge in [-0.2, -0.15) is 0 Å². The van der Waals surface area contributed by atoms with Gasteiger partial charge in [-0.05, 0) is 24.8 Å². The molecule has 0 saturated heterocycles. The van der Waals surface area contributed by atoms with E-state index in [4.69, 9.17) is 0 Å². The SMILES string of the molecule is CC.CC(C)c1cc(NC(=O)C2CC2)nn2ccnc12. The van der Waals surface area contributed by atoms with Crippen molar-refractivity contribution in [1.29, 1.82) is 0 Å². The monoisotopic (exact) mass is 274 g/mol. The molecule has 0 aliphatic heterocycles. The number of carbonyl (C=O) groups is 1. The summed E-state index contributed by atoms with van der Waals surface area (Å²) in [6.07, 6.45) is 5.51. The molecule has 1 saturated carbocycles. The molecule has 0 radical (unpaired) electrons. The Morgan fingerprint density at radius 1 is 1.40 bits per heavy atom. The number of nitrogens with zero attached hydrogens (tertiary/aromatic N) is 3. The number of imidazole rings is 1. The van der Waals surface area contributed by atoms with E-state index in [1.807, 2.05) is 19.9 Å². The van der Waals surface area contributed by atoms with Gasteiger partial charge in [-0.15, -0.1) is 5.10 Å². The van der Waals surface area contributed by atoms with Crippen LogP contribution in [0.2, 0.25) is 0 Å². The molecular formula is C15H22N4O. The zero-order valence-corrected chi connectivity index (χ0v) is 12.6. The van der Waals surface area contributed by atoms with E-state index in [9.17, 15) is 4.79 Å². The molecule has 2 aromatic rings. The van der Waals surface area contributed by atoms with E-state index >= 15 is 0 Å². The molecule has 5 heteroatoms. The molecular weight excluding hydrogens is 252 g/mol. The summed E-state index contributed by atoms with van der Waals surface area (Å²) in [7, 11) is 0. The molecule has 0 atom stereocenters. The fraction of sp³-hybridized carbons (Fsp3) is 0.533. The fourth-order valence-electron chi connectivity index (χ4n) is 2.00.